The predicted molar refractivity (Wildman–Crippen MR) is 70.4 cm³/mol. The molecule has 2 aromatic heterocycles. The first-order valence-electron chi connectivity index (χ1n) is 5.68. The number of aromatic nitrogens is 2. The lowest BCUT2D eigenvalue weighted by Crippen LogP contribution is -2.33. The molecule has 0 saturated carbocycles. The molecular formula is C12H14ClN3S. The summed E-state index contributed by atoms with van der Waals surface area (Å²) in [4.78, 5) is 6.94. The van der Waals surface area contributed by atoms with Crippen molar-refractivity contribution >= 4 is 22.9 Å². The highest BCUT2D eigenvalue weighted by Gasteiger charge is 2.18. The first-order valence-corrected chi connectivity index (χ1v) is 7.00. The fourth-order valence-electron chi connectivity index (χ4n) is 2.24. The van der Waals surface area contributed by atoms with Crippen molar-refractivity contribution in [1.82, 2.24) is 14.5 Å². The molecule has 3 rings (SSSR count). The van der Waals surface area contributed by atoms with E-state index in [9.17, 15) is 0 Å². The van der Waals surface area contributed by atoms with E-state index in [1.807, 2.05) is 12.3 Å². The van der Waals surface area contributed by atoms with Gasteiger partial charge in [-0.25, -0.2) is 4.98 Å². The van der Waals surface area contributed by atoms with Gasteiger partial charge in [-0.15, -0.1) is 0 Å². The minimum absolute atomic E-state index is 0.889. The topological polar surface area (TPSA) is 21.1 Å². The minimum atomic E-state index is 0.889. The number of nitrogens with zero attached hydrogens (tertiary/aromatic N) is 3. The van der Waals surface area contributed by atoms with Crippen LogP contribution in [0, 0.1) is 6.92 Å². The molecule has 0 aromatic carbocycles. The van der Waals surface area contributed by atoms with Crippen LogP contribution in [0.4, 0.5) is 0 Å². The highest BCUT2D eigenvalue weighted by atomic mass is 35.5. The number of aryl methyl sites for hydroxylation is 1. The van der Waals surface area contributed by atoms with Gasteiger partial charge in [-0.05, 0) is 17.9 Å². The van der Waals surface area contributed by atoms with E-state index in [4.69, 9.17) is 11.6 Å². The van der Waals surface area contributed by atoms with Crippen LogP contribution in [0.3, 0.4) is 0 Å². The van der Waals surface area contributed by atoms with E-state index >= 15 is 0 Å². The van der Waals surface area contributed by atoms with Crippen LogP contribution in [0.1, 0.15) is 17.1 Å². The van der Waals surface area contributed by atoms with Crippen LogP contribution >= 0.6 is 22.9 Å². The number of hydrogen-bond acceptors (Lipinski definition) is 3. The van der Waals surface area contributed by atoms with Gasteiger partial charge in [0.1, 0.15) is 5.82 Å². The standard InChI is InChI=1S/C12H14ClN3S/c1-9-4-16-3-2-15(6-12(16)14-9)5-10-7-17-8-11(10)13/h4,7-8H,2-3,5-6H2,1H3. The molecule has 3 heterocycles. The number of fused-ring (bicyclic) bond motifs is 1. The van der Waals surface area contributed by atoms with Crippen LogP contribution < -0.4 is 0 Å². The smallest absolute Gasteiger partial charge is 0.123 e. The summed E-state index contributed by atoms with van der Waals surface area (Å²) in [5.74, 6) is 1.17. The summed E-state index contributed by atoms with van der Waals surface area (Å²) in [6.07, 6.45) is 2.13. The Morgan fingerprint density at radius 3 is 3.06 bits per heavy atom. The number of hydrogen-bond donors (Lipinski definition) is 0. The SMILES string of the molecule is Cc1cn2c(n1)CN(Cc1cscc1Cl)CC2. The van der Waals surface area contributed by atoms with Crippen LogP contribution in [0.2, 0.25) is 5.02 Å². The summed E-state index contributed by atoms with van der Waals surface area (Å²) < 4.78 is 2.25. The van der Waals surface area contributed by atoms with E-state index in [1.165, 1.54) is 11.4 Å². The monoisotopic (exact) mass is 267 g/mol. The van der Waals surface area contributed by atoms with Gasteiger partial charge in [-0.1, -0.05) is 11.6 Å². The van der Waals surface area contributed by atoms with Gasteiger partial charge in [0.25, 0.3) is 0 Å². The zero-order chi connectivity index (χ0) is 11.8. The molecule has 0 radical (unpaired) electrons. The molecule has 0 bridgehead atoms. The third-order valence-corrected chi connectivity index (χ3v) is 4.36. The summed E-state index contributed by atoms with van der Waals surface area (Å²) in [7, 11) is 0. The number of thiophene rings is 1. The molecule has 0 aliphatic carbocycles. The van der Waals surface area contributed by atoms with E-state index in [0.29, 0.717) is 0 Å². The molecule has 3 nitrogen and oxygen atoms in total. The Labute approximate surface area is 110 Å². The summed E-state index contributed by atoms with van der Waals surface area (Å²) in [5, 5.41) is 5.01. The van der Waals surface area contributed by atoms with Crippen molar-refractivity contribution in [2.24, 2.45) is 0 Å². The number of halogens is 1. The van der Waals surface area contributed by atoms with Crippen molar-refractivity contribution < 1.29 is 0 Å². The molecule has 2 aromatic rings. The highest BCUT2D eigenvalue weighted by Crippen LogP contribution is 2.23. The van der Waals surface area contributed by atoms with Crippen molar-refractivity contribution in [3.05, 3.63) is 39.1 Å². The van der Waals surface area contributed by atoms with Crippen LogP contribution in [0.15, 0.2) is 17.0 Å². The van der Waals surface area contributed by atoms with Gasteiger partial charge in [0.05, 0.1) is 17.3 Å². The molecule has 0 amide bonds. The first kappa shape index (κ1) is 11.3. The molecule has 1 aliphatic rings. The maximum absolute atomic E-state index is 6.13. The fraction of sp³-hybridized carbons (Fsp3) is 0.417. The zero-order valence-electron chi connectivity index (χ0n) is 9.69. The van der Waals surface area contributed by atoms with Crippen LogP contribution in [0.5, 0.6) is 0 Å². The molecule has 0 spiro atoms. The Kier molecular flexibility index (Phi) is 2.94. The van der Waals surface area contributed by atoms with Crippen molar-refractivity contribution in [1.29, 1.82) is 0 Å². The van der Waals surface area contributed by atoms with Crippen molar-refractivity contribution in [3.8, 4) is 0 Å². The second kappa shape index (κ2) is 4.44. The van der Waals surface area contributed by atoms with Crippen LogP contribution in [-0.4, -0.2) is 21.0 Å². The van der Waals surface area contributed by atoms with Crippen LogP contribution in [-0.2, 0) is 19.6 Å². The zero-order valence-corrected chi connectivity index (χ0v) is 11.3. The molecule has 0 N–H and O–H groups in total. The van der Waals surface area contributed by atoms with E-state index in [2.05, 4.69) is 26.0 Å². The molecule has 90 valence electrons. The maximum Gasteiger partial charge on any atom is 0.123 e. The van der Waals surface area contributed by atoms with Gasteiger partial charge in [-0.2, -0.15) is 11.3 Å². The van der Waals surface area contributed by atoms with Gasteiger partial charge in [0.15, 0.2) is 0 Å². The van der Waals surface area contributed by atoms with Crippen molar-refractivity contribution in [2.45, 2.75) is 26.6 Å². The normalized spacial score (nSPS) is 16.1. The Hall–Kier alpha value is -0.840. The number of imidazole rings is 1. The first-order chi connectivity index (χ1) is 8.22. The molecule has 17 heavy (non-hydrogen) atoms. The van der Waals surface area contributed by atoms with Gasteiger partial charge < -0.3 is 4.57 Å². The largest absolute Gasteiger partial charge is 0.332 e. The molecule has 1 aliphatic heterocycles. The molecule has 0 fully saturated rings. The fourth-order valence-corrected chi connectivity index (χ4v) is 3.28. The average molecular weight is 268 g/mol. The van der Waals surface area contributed by atoms with Gasteiger partial charge in [0.2, 0.25) is 0 Å². The number of rotatable bonds is 2. The summed E-state index contributed by atoms with van der Waals surface area (Å²) in [5.41, 5.74) is 2.34. The predicted octanol–water partition coefficient (Wildman–Crippen LogP) is 2.92. The van der Waals surface area contributed by atoms with E-state index in [-0.39, 0.29) is 0 Å². The Morgan fingerprint density at radius 1 is 1.41 bits per heavy atom. The van der Waals surface area contributed by atoms with Crippen molar-refractivity contribution in [3.63, 3.8) is 0 Å². The molecule has 0 atom stereocenters. The lowest BCUT2D eigenvalue weighted by molar-refractivity contribution is 0.209. The quantitative estimate of drug-likeness (QED) is 0.834. The second-order valence-corrected chi connectivity index (χ2v) is 5.60. The van der Waals surface area contributed by atoms with Crippen LogP contribution in [0.25, 0.3) is 0 Å². The van der Waals surface area contributed by atoms with E-state index in [0.717, 1.165) is 36.9 Å². The summed E-state index contributed by atoms with van der Waals surface area (Å²) >= 11 is 7.79. The van der Waals surface area contributed by atoms with Gasteiger partial charge in [0, 0.05) is 31.2 Å². The van der Waals surface area contributed by atoms with Gasteiger partial charge in [-0.3, -0.25) is 4.90 Å². The summed E-state index contributed by atoms with van der Waals surface area (Å²) in [6, 6.07) is 0. The summed E-state index contributed by atoms with van der Waals surface area (Å²) in [6.45, 7) is 5.98. The second-order valence-electron chi connectivity index (χ2n) is 4.45. The van der Waals surface area contributed by atoms with Crippen molar-refractivity contribution in [2.75, 3.05) is 6.54 Å². The maximum atomic E-state index is 6.13. The molecule has 5 heteroatoms. The average Bonchev–Trinajstić information content (AvgIpc) is 2.84. The van der Waals surface area contributed by atoms with E-state index < -0.39 is 0 Å². The molecule has 0 saturated heterocycles. The minimum Gasteiger partial charge on any atom is -0.332 e. The molecule has 0 unspecified atom stereocenters. The van der Waals surface area contributed by atoms with Gasteiger partial charge >= 0.3 is 0 Å². The van der Waals surface area contributed by atoms with E-state index in [1.54, 1.807) is 11.3 Å². The Bertz CT molecular complexity index is 532. The Morgan fingerprint density at radius 2 is 2.29 bits per heavy atom. The highest BCUT2D eigenvalue weighted by molar-refractivity contribution is 7.08. The molecular weight excluding hydrogens is 254 g/mol. The Balaban J connectivity index is 1.74. The third kappa shape index (κ3) is 2.25. The lowest BCUT2D eigenvalue weighted by atomic mass is 10.3. The lowest BCUT2D eigenvalue weighted by Gasteiger charge is -2.27. The third-order valence-electron chi connectivity index (χ3n) is 3.08.